The van der Waals surface area contributed by atoms with Gasteiger partial charge in [0, 0.05) is 5.56 Å². The second kappa shape index (κ2) is 9.16. The topological polar surface area (TPSA) is 68.2 Å². The summed E-state index contributed by atoms with van der Waals surface area (Å²) < 4.78 is 7.57. The summed E-state index contributed by atoms with van der Waals surface area (Å²) in [5, 5.41) is 11.6. The Morgan fingerprint density at radius 2 is 1.85 bits per heavy atom. The Morgan fingerprint density at radius 1 is 1.18 bits per heavy atom. The van der Waals surface area contributed by atoms with Gasteiger partial charge in [-0.05, 0) is 51.7 Å². The highest BCUT2D eigenvalue weighted by molar-refractivity contribution is 5.99. The molecule has 1 amide bonds. The molecule has 0 saturated heterocycles. The SMILES string of the molecule is CCC(CC)(NC(=O)c1cnn2c1NC(c1ccccc1OC)CC2(C)C)c1ccc(C)cc1. The van der Waals surface area contributed by atoms with Crippen molar-refractivity contribution in [3.05, 3.63) is 77.0 Å². The molecular weight excluding hydrogens is 424 g/mol. The number of anilines is 1. The average molecular weight is 461 g/mol. The number of hydrogen-bond donors (Lipinski definition) is 2. The minimum Gasteiger partial charge on any atom is -0.496 e. The molecule has 1 unspecified atom stereocenters. The molecule has 1 aromatic heterocycles. The van der Waals surface area contributed by atoms with Crippen molar-refractivity contribution < 1.29 is 9.53 Å². The van der Waals surface area contributed by atoms with Crippen molar-refractivity contribution in [2.24, 2.45) is 0 Å². The molecule has 2 heterocycles. The van der Waals surface area contributed by atoms with Gasteiger partial charge in [-0.25, -0.2) is 4.68 Å². The quantitative estimate of drug-likeness (QED) is 0.458. The lowest BCUT2D eigenvalue weighted by molar-refractivity contribution is 0.0890. The van der Waals surface area contributed by atoms with Crippen LogP contribution in [0.3, 0.4) is 0 Å². The molecule has 2 aromatic carbocycles. The zero-order valence-corrected chi connectivity index (χ0v) is 21.1. The average Bonchev–Trinajstić information content (AvgIpc) is 3.28. The molecule has 0 fully saturated rings. The van der Waals surface area contributed by atoms with Crippen LogP contribution in [0.5, 0.6) is 5.75 Å². The molecule has 1 atom stereocenters. The third-order valence-electron chi connectivity index (χ3n) is 7.28. The highest BCUT2D eigenvalue weighted by Gasteiger charge is 2.39. The third-order valence-corrected chi connectivity index (χ3v) is 7.28. The van der Waals surface area contributed by atoms with Gasteiger partial charge in [-0.3, -0.25) is 4.79 Å². The van der Waals surface area contributed by atoms with Crippen LogP contribution in [0.2, 0.25) is 0 Å². The molecule has 1 aliphatic heterocycles. The minimum atomic E-state index is -0.439. The lowest BCUT2D eigenvalue weighted by Gasteiger charge is -2.39. The number of nitrogens with zero attached hydrogens (tertiary/aromatic N) is 2. The molecule has 0 bridgehead atoms. The molecular formula is C28H36N4O2. The van der Waals surface area contributed by atoms with E-state index in [4.69, 9.17) is 4.74 Å². The molecule has 4 rings (SSSR count). The summed E-state index contributed by atoms with van der Waals surface area (Å²) in [7, 11) is 1.69. The highest BCUT2D eigenvalue weighted by Crippen LogP contribution is 2.42. The summed E-state index contributed by atoms with van der Waals surface area (Å²) in [5.41, 5.74) is 3.26. The van der Waals surface area contributed by atoms with Gasteiger partial charge >= 0.3 is 0 Å². The molecule has 0 radical (unpaired) electrons. The van der Waals surface area contributed by atoms with Crippen molar-refractivity contribution in [3.8, 4) is 5.75 Å². The normalized spacial score (nSPS) is 16.9. The van der Waals surface area contributed by atoms with Crippen molar-refractivity contribution in [1.29, 1.82) is 0 Å². The number of aryl methyl sites for hydroxylation is 1. The predicted octanol–water partition coefficient (Wildman–Crippen LogP) is 5.94. The smallest absolute Gasteiger partial charge is 0.257 e. The van der Waals surface area contributed by atoms with Crippen molar-refractivity contribution >= 4 is 11.7 Å². The van der Waals surface area contributed by atoms with Crippen LogP contribution in [0.15, 0.2) is 54.7 Å². The number of benzene rings is 2. The van der Waals surface area contributed by atoms with Crippen LogP contribution >= 0.6 is 0 Å². The Morgan fingerprint density at radius 3 is 2.50 bits per heavy atom. The Hall–Kier alpha value is -3.28. The van der Waals surface area contributed by atoms with E-state index in [0.717, 1.165) is 42.0 Å². The number of amides is 1. The van der Waals surface area contributed by atoms with Gasteiger partial charge in [-0.2, -0.15) is 5.10 Å². The molecule has 2 N–H and O–H groups in total. The maximum atomic E-state index is 13.7. The molecule has 6 heteroatoms. The van der Waals surface area contributed by atoms with E-state index < -0.39 is 5.54 Å². The first-order valence-corrected chi connectivity index (χ1v) is 12.1. The van der Waals surface area contributed by atoms with Gasteiger partial charge in [0.2, 0.25) is 0 Å². The first-order chi connectivity index (χ1) is 16.2. The number of aromatic nitrogens is 2. The van der Waals surface area contributed by atoms with Gasteiger partial charge in [0.1, 0.15) is 17.1 Å². The molecule has 6 nitrogen and oxygen atoms in total. The fraction of sp³-hybridized carbons (Fsp3) is 0.429. The molecule has 0 aliphatic carbocycles. The summed E-state index contributed by atoms with van der Waals surface area (Å²) >= 11 is 0. The molecule has 3 aromatic rings. The maximum Gasteiger partial charge on any atom is 0.257 e. The van der Waals surface area contributed by atoms with Crippen LogP contribution in [0, 0.1) is 6.92 Å². The standard InChI is InChI=1S/C28H36N4O2/c1-7-28(8-2,20-15-13-19(3)14-16-20)31-26(33)22-18-29-32-25(22)30-23(17-27(32,4)5)21-11-9-10-12-24(21)34-6/h9-16,18,23,30H,7-8,17H2,1-6H3,(H,31,33). The number of fused-ring (bicyclic) bond motifs is 1. The number of nitrogens with one attached hydrogen (secondary N) is 2. The van der Waals surface area contributed by atoms with E-state index in [0.29, 0.717) is 5.56 Å². The second-order valence-corrected chi connectivity index (χ2v) is 9.88. The van der Waals surface area contributed by atoms with Gasteiger partial charge in [-0.1, -0.05) is 61.9 Å². The molecule has 180 valence electrons. The number of ether oxygens (including phenoxy) is 1. The van der Waals surface area contributed by atoms with Crippen LogP contribution in [0.25, 0.3) is 0 Å². The summed E-state index contributed by atoms with van der Waals surface area (Å²) in [6, 6.07) is 16.5. The van der Waals surface area contributed by atoms with E-state index in [-0.39, 0.29) is 17.5 Å². The minimum absolute atomic E-state index is 0.00102. The summed E-state index contributed by atoms with van der Waals surface area (Å²) in [6.45, 7) is 10.6. The fourth-order valence-electron chi connectivity index (χ4n) is 5.12. The van der Waals surface area contributed by atoms with Gasteiger partial charge in [0.25, 0.3) is 5.91 Å². The van der Waals surface area contributed by atoms with E-state index in [1.807, 2.05) is 22.9 Å². The first-order valence-electron chi connectivity index (χ1n) is 12.1. The number of carbonyl (C=O) groups is 1. The number of hydrogen-bond acceptors (Lipinski definition) is 4. The summed E-state index contributed by atoms with van der Waals surface area (Å²) in [5.74, 6) is 1.47. The van der Waals surface area contributed by atoms with Crippen molar-refractivity contribution in [2.45, 2.75) is 71.0 Å². The van der Waals surface area contributed by atoms with Gasteiger partial charge in [0.15, 0.2) is 0 Å². The Kier molecular flexibility index (Phi) is 6.43. The van der Waals surface area contributed by atoms with Crippen LogP contribution in [0.4, 0.5) is 5.82 Å². The monoisotopic (exact) mass is 460 g/mol. The molecule has 1 aliphatic rings. The molecule has 34 heavy (non-hydrogen) atoms. The maximum absolute atomic E-state index is 13.7. The summed E-state index contributed by atoms with van der Waals surface area (Å²) in [4.78, 5) is 13.7. The highest BCUT2D eigenvalue weighted by atomic mass is 16.5. The van der Waals surface area contributed by atoms with Gasteiger partial charge in [-0.15, -0.1) is 0 Å². The third kappa shape index (κ3) is 4.17. The first kappa shape index (κ1) is 23.9. The van der Waals surface area contributed by atoms with E-state index in [2.05, 4.69) is 80.7 Å². The lowest BCUT2D eigenvalue weighted by atomic mass is 9.84. The van der Waals surface area contributed by atoms with E-state index >= 15 is 0 Å². The Bertz CT molecular complexity index is 1160. The number of para-hydroxylation sites is 1. The summed E-state index contributed by atoms with van der Waals surface area (Å²) in [6.07, 6.45) is 4.10. The number of rotatable bonds is 7. The predicted molar refractivity (Wildman–Crippen MR) is 136 cm³/mol. The zero-order chi connectivity index (χ0) is 24.5. The van der Waals surface area contributed by atoms with Crippen molar-refractivity contribution in [3.63, 3.8) is 0 Å². The Balaban J connectivity index is 1.69. The van der Waals surface area contributed by atoms with Crippen LogP contribution in [-0.4, -0.2) is 22.8 Å². The zero-order valence-electron chi connectivity index (χ0n) is 21.1. The number of methoxy groups -OCH3 is 1. The number of carbonyl (C=O) groups excluding carboxylic acids is 1. The van der Waals surface area contributed by atoms with Crippen molar-refractivity contribution in [1.82, 2.24) is 15.1 Å². The van der Waals surface area contributed by atoms with Crippen LogP contribution < -0.4 is 15.4 Å². The van der Waals surface area contributed by atoms with E-state index in [1.54, 1.807) is 13.3 Å². The fourth-order valence-corrected chi connectivity index (χ4v) is 5.12. The molecule has 0 saturated carbocycles. The van der Waals surface area contributed by atoms with Crippen LogP contribution in [0.1, 0.15) is 80.0 Å². The molecule has 0 spiro atoms. The largest absolute Gasteiger partial charge is 0.496 e. The van der Waals surface area contributed by atoms with E-state index in [1.165, 1.54) is 5.56 Å². The second-order valence-electron chi connectivity index (χ2n) is 9.88. The van der Waals surface area contributed by atoms with E-state index in [9.17, 15) is 4.79 Å². The van der Waals surface area contributed by atoms with Gasteiger partial charge in [0.05, 0.1) is 30.4 Å². The van der Waals surface area contributed by atoms with Crippen LogP contribution in [-0.2, 0) is 11.1 Å². The van der Waals surface area contributed by atoms with Gasteiger partial charge < -0.3 is 15.4 Å². The van der Waals surface area contributed by atoms with Crippen molar-refractivity contribution in [2.75, 3.05) is 12.4 Å². The lowest BCUT2D eigenvalue weighted by Crippen LogP contribution is -2.45. The Labute approximate surface area is 202 Å².